The lowest BCUT2D eigenvalue weighted by molar-refractivity contribution is 0.199. The first-order valence-corrected chi connectivity index (χ1v) is 6.57. The molecule has 0 aliphatic rings. The number of aryl methyl sites for hydroxylation is 1. The number of ether oxygens (including phenoxy) is 1. The topological polar surface area (TPSA) is 26.2 Å². The zero-order valence-corrected chi connectivity index (χ0v) is 11.4. The Balaban J connectivity index is 2.18. The first-order valence-electron chi connectivity index (χ1n) is 6.57. The molecule has 0 amide bonds. The van der Waals surface area contributed by atoms with Gasteiger partial charge in [0.1, 0.15) is 0 Å². The van der Waals surface area contributed by atoms with Crippen molar-refractivity contribution in [2.75, 3.05) is 20.3 Å². The fourth-order valence-corrected chi connectivity index (χ4v) is 2.25. The number of rotatable bonds is 7. The van der Waals surface area contributed by atoms with E-state index in [9.17, 15) is 0 Å². The average Bonchev–Trinajstić information content (AvgIpc) is 2.79. The number of nitrogens with zero attached hydrogens (tertiary/aromatic N) is 1. The summed E-state index contributed by atoms with van der Waals surface area (Å²) in [6.07, 6.45) is 6.14. The molecule has 0 unspecified atom stereocenters. The van der Waals surface area contributed by atoms with Gasteiger partial charge in [0.15, 0.2) is 0 Å². The van der Waals surface area contributed by atoms with Crippen LogP contribution in [0.2, 0.25) is 0 Å². The van der Waals surface area contributed by atoms with E-state index in [0.717, 1.165) is 32.7 Å². The van der Waals surface area contributed by atoms with Crippen molar-refractivity contribution in [2.24, 2.45) is 0 Å². The van der Waals surface area contributed by atoms with Gasteiger partial charge in [0.2, 0.25) is 0 Å². The van der Waals surface area contributed by atoms with Crippen LogP contribution < -0.4 is 5.32 Å². The van der Waals surface area contributed by atoms with Crippen molar-refractivity contribution in [3.05, 3.63) is 36.0 Å². The number of para-hydroxylation sites is 1. The first kappa shape index (κ1) is 13.7. The minimum Gasteiger partial charge on any atom is -0.383 e. The summed E-state index contributed by atoms with van der Waals surface area (Å²) in [7, 11) is 1.71. The molecule has 2 rings (SSSR count). The van der Waals surface area contributed by atoms with Gasteiger partial charge in [0.05, 0.1) is 6.61 Å². The molecular formula is C16H20N2O. The van der Waals surface area contributed by atoms with Crippen LogP contribution in [0, 0.1) is 12.3 Å². The number of terminal acetylenes is 1. The van der Waals surface area contributed by atoms with E-state index in [1.165, 1.54) is 16.6 Å². The van der Waals surface area contributed by atoms with Crippen molar-refractivity contribution in [3.63, 3.8) is 0 Å². The zero-order valence-electron chi connectivity index (χ0n) is 11.4. The average molecular weight is 256 g/mol. The molecule has 1 N–H and O–H groups in total. The fraction of sp³-hybridized carbons (Fsp3) is 0.375. The van der Waals surface area contributed by atoms with Gasteiger partial charge >= 0.3 is 0 Å². The number of hydrogen-bond donors (Lipinski definition) is 1. The number of nitrogens with one attached hydrogen (secondary N) is 1. The predicted octanol–water partition coefficient (Wildman–Crippen LogP) is 2.40. The molecule has 0 saturated heterocycles. The SMILES string of the molecule is C#CCCn1c(CNCCOC)cc2ccccc21. The Labute approximate surface area is 114 Å². The molecule has 0 aliphatic heterocycles. The van der Waals surface area contributed by atoms with Crippen molar-refractivity contribution in [3.8, 4) is 12.3 Å². The molecule has 1 aromatic carbocycles. The number of benzene rings is 1. The van der Waals surface area contributed by atoms with Gasteiger partial charge in [-0.3, -0.25) is 0 Å². The second kappa shape index (κ2) is 6.98. The molecule has 3 nitrogen and oxygen atoms in total. The van der Waals surface area contributed by atoms with Crippen LogP contribution in [0.25, 0.3) is 10.9 Å². The van der Waals surface area contributed by atoms with E-state index in [1.807, 2.05) is 0 Å². The van der Waals surface area contributed by atoms with Crippen LogP contribution in [-0.2, 0) is 17.8 Å². The number of aromatic nitrogens is 1. The maximum Gasteiger partial charge on any atom is 0.0587 e. The largest absolute Gasteiger partial charge is 0.383 e. The van der Waals surface area contributed by atoms with Crippen LogP contribution in [-0.4, -0.2) is 24.8 Å². The molecule has 0 radical (unpaired) electrons. The highest BCUT2D eigenvalue weighted by Crippen LogP contribution is 2.20. The highest BCUT2D eigenvalue weighted by Gasteiger charge is 2.07. The summed E-state index contributed by atoms with van der Waals surface area (Å²) in [4.78, 5) is 0. The van der Waals surface area contributed by atoms with Crippen molar-refractivity contribution < 1.29 is 4.74 Å². The van der Waals surface area contributed by atoms with Gasteiger partial charge in [-0.2, -0.15) is 0 Å². The van der Waals surface area contributed by atoms with E-state index in [1.54, 1.807) is 7.11 Å². The number of hydrogen-bond acceptors (Lipinski definition) is 2. The van der Waals surface area contributed by atoms with Gasteiger partial charge in [-0.15, -0.1) is 12.3 Å². The monoisotopic (exact) mass is 256 g/mol. The van der Waals surface area contributed by atoms with Crippen LogP contribution in [0.15, 0.2) is 30.3 Å². The molecular weight excluding hydrogens is 236 g/mol. The molecule has 1 heterocycles. The quantitative estimate of drug-likeness (QED) is 0.608. The van der Waals surface area contributed by atoms with E-state index in [0.29, 0.717) is 0 Å². The summed E-state index contributed by atoms with van der Waals surface area (Å²) in [5.41, 5.74) is 2.52. The second-order valence-corrected chi connectivity index (χ2v) is 4.47. The Morgan fingerprint density at radius 2 is 2.21 bits per heavy atom. The maximum absolute atomic E-state index is 5.38. The molecule has 0 spiro atoms. The van der Waals surface area contributed by atoms with Crippen LogP contribution in [0.3, 0.4) is 0 Å². The van der Waals surface area contributed by atoms with Crippen LogP contribution in [0.1, 0.15) is 12.1 Å². The smallest absolute Gasteiger partial charge is 0.0587 e. The minimum absolute atomic E-state index is 0.727. The van der Waals surface area contributed by atoms with Gasteiger partial charge in [-0.05, 0) is 17.5 Å². The molecule has 0 atom stereocenters. The third kappa shape index (κ3) is 3.37. The standard InChI is InChI=1S/C16H20N2O/c1-3-4-10-18-15(13-17-9-11-19-2)12-14-7-5-6-8-16(14)18/h1,5-8,12,17H,4,9-11,13H2,2H3. The number of fused-ring (bicyclic) bond motifs is 1. The molecule has 0 fully saturated rings. The van der Waals surface area contributed by atoms with Crippen molar-refractivity contribution >= 4 is 10.9 Å². The zero-order chi connectivity index (χ0) is 13.5. The third-order valence-electron chi connectivity index (χ3n) is 3.17. The van der Waals surface area contributed by atoms with E-state index in [2.05, 4.69) is 46.1 Å². The minimum atomic E-state index is 0.727. The lowest BCUT2D eigenvalue weighted by Gasteiger charge is -2.10. The fourth-order valence-electron chi connectivity index (χ4n) is 2.25. The molecule has 19 heavy (non-hydrogen) atoms. The summed E-state index contributed by atoms with van der Waals surface area (Å²) in [6, 6.07) is 10.6. The summed E-state index contributed by atoms with van der Waals surface area (Å²) in [5.74, 6) is 2.71. The molecule has 0 saturated carbocycles. The van der Waals surface area contributed by atoms with Crippen LogP contribution in [0.5, 0.6) is 0 Å². The van der Waals surface area contributed by atoms with Gasteiger partial charge in [0.25, 0.3) is 0 Å². The van der Waals surface area contributed by atoms with E-state index in [4.69, 9.17) is 11.2 Å². The normalized spacial score (nSPS) is 10.7. The Kier molecular flexibility index (Phi) is 5.02. The van der Waals surface area contributed by atoms with Gasteiger partial charge in [-0.25, -0.2) is 0 Å². The predicted molar refractivity (Wildman–Crippen MR) is 79.0 cm³/mol. The lowest BCUT2D eigenvalue weighted by atomic mass is 10.2. The highest BCUT2D eigenvalue weighted by molar-refractivity contribution is 5.81. The summed E-state index contributed by atoms with van der Waals surface area (Å²) >= 11 is 0. The van der Waals surface area contributed by atoms with E-state index < -0.39 is 0 Å². The first-order chi connectivity index (χ1) is 9.36. The maximum atomic E-state index is 5.38. The summed E-state index contributed by atoms with van der Waals surface area (Å²) < 4.78 is 7.34. The molecule has 100 valence electrons. The Hall–Kier alpha value is -1.76. The van der Waals surface area contributed by atoms with E-state index in [-0.39, 0.29) is 0 Å². The Morgan fingerprint density at radius 3 is 3.00 bits per heavy atom. The lowest BCUT2D eigenvalue weighted by Crippen LogP contribution is -2.20. The molecule has 2 aromatic rings. The molecule has 3 heteroatoms. The Bertz CT molecular complexity index is 566. The molecule has 1 aromatic heterocycles. The van der Waals surface area contributed by atoms with Crippen molar-refractivity contribution in [1.29, 1.82) is 0 Å². The molecule has 0 bridgehead atoms. The summed E-state index contributed by atoms with van der Waals surface area (Å²) in [6.45, 7) is 3.28. The second-order valence-electron chi connectivity index (χ2n) is 4.47. The van der Waals surface area contributed by atoms with Crippen LogP contribution in [0.4, 0.5) is 0 Å². The van der Waals surface area contributed by atoms with E-state index >= 15 is 0 Å². The van der Waals surface area contributed by atoms with Gasteiger partial charge in [0, 0.05) is 44.4 Å². The molecule has 0 aliphatic carbocycles. The Morgan fingerprint density at radius 1 is 1.37 bits per heavy atom. The van der Waals surface area contributed by atoms with Crippen molar-refractivity contribution in [2.45, 2.75) is 19.5 Å². The van der Waals surface area contributed by atoms with Crippen LogP contribution >= 0.6 is 0 Å². The summed E-state index contributed by atoms with van der Waals surface area (Å²) in [5, 5.41) is 4.65. The highest BCUT2D eigenvalue weighted by atomic mass is 16.5. The third-order valence-corrected chi connectivity index (χ3v) is 3.17. The van der Waals surface area contributed by atoms with Gasteiger partial charge < -0.3 is 14.6 Å². The van der Waals surface area contributed by atoms with Crippen molar-refractivity contribution in [1.82, 2.24) is 9.88 Å². The van der Waals surface area contributed by atoms with Gasteiger partial charge in [-0.1, -0.05) is 18.2 Å². The number of methoxy groups -OCH3 is 1.